The van der Waals surface area contributed by atoms with Gasteiger partial charge in [-0.3, -0.25) is 4.79 Å². The highest BCUT2D eigenvalue weighted by atomic mass is 32.2. The smallest absolute Gasteiger partial charge is 0.228 e. The molecule has 0 spiro atoms. The van der Waals surface area contributed by atoms with E-state index in [-0.39, 0.29) is 16.1 Å². The second-order valence-corrected chi connectivity index (χ2v) is 6.64. The summed E-state index contributed by atoms with van der Waals surface area (Å²) in [6.07, 6.45) is 3.88. The maximum Gasteiger partial charge on any atom is 0.228 e. The lowest BCUT2D eigenvalue weighted by atomic mass is 9.86. The van der Waals surface area contributed by atoms with Crippen LogP contribution in [0, 0.1) is 0 Å². The van der Waals surface area contributed by atoms with Gasteiger partial charge in [-0.05, 0) is 44.1 Å². The molecular formula is C14H19NOS. The number of primary amides is 1. The minimum atomic E-state index is -0.385. The molecule has 0 atom stereocenters. The lowest BCUT2D eigenvalue weighted by Crippen LogP contribution is -2.31. The molecule has 1 aliphatic rings. The summed E-state index contributed by atoms with van der Waals surface area (Å²) < 4.78 is 0.0155. The van der Waals surface area contributed by atoms with Crippen LogP contribution in [-0.4, -0.2) is 12.2 Å². The molecule has 1 fully saturated rings. The van der Waals surface area contributed by atoms with Crippen molar-refractivity contribution in [1.82, 2.24) is 0 Å². The molecule has 1 saturated carbocycles. The number of amides is 1. The average molecular weight is 249 g/mol. The Bertz CT molecular complexity index is 449. The maximum absolute atomic E-state index is 11.7. The van der Waals surface area contributed by atoms with Crippen molar-refractivity contribution in [3.63, 3.8) is 0 Å². The largest absolute Gasteiger partial charge is 0.369 e. The highest BCUT2D eigenvalue weighted by Gasteiger charge is 2.51. The quantitative estimate of drug-likeness (QED) is 0.891. The minimum Gasteiger partial charge on any atom is -0.369 e. The topological polar surface area (TPSA) is 43.1 Å². The van der Waals surface area contributed by atoms with E-state index in [1.807, 2.05) is 12.1 Å². The molecule has 1 amide bonds. The van der Waals surface area contributed by atoms with Crippen LogP contribution < -0.4 is 5.73 Å². The summed E-state index contributed by atoms with van der Waals surface area (Å²) in [7, 11) is 0. The predicted molar refractivity (Wildman–Crippen MR) is 73.1 cm³/mol. The molecule has 0 heterocycles. The molecule has 0 radical (unpaired) electrons. The second kappa shape index (κ2) is 4.05. The number of thioether (sulfide) groups is 1. The van der Waals surface area contributed by atoms with Crippen molar-refractivity contribution < 1.29 is 4.79 Å². The number of carbonyl (C=O) groups excluding carboxylic acids is 1. The number of hydrogen-bond donors (Lipinski definition) is 1. The number of benzene rings is 1. The van der Waals surface area contributed by atoms with E-state index in [0.29, 0.717) is 0 Å². The zero-order valence-electron chi connectivity index (χ0n) is 10.6. The number of nitrogens with two attached hydrogens (primary N) is 1. The van der Waals surface area contributed by atoms with E-state index in [1.54, 1.807) is 11.8 Å². The highest BCUT2D eigenvalue weighted by molar-refractivity contribution is 7.99. The van der Waals surface area contributed by atoms with Gasteiger partial charge in [0.2, 0.25) is 5.91 Å². The van der Waals surface area contributed by atoms with Crippen molar-refractivity contribution in [2.75, 3.05) is 6.26 Å². The molecule has 0 aliphatic heterocycles. The van der Waals surface area contributed by atoms with Gasteiger partial charge >= 0.3 is 0 Å². The molecule has 0 bridgehead atoms. The molecule has 1 aromatic carbocycles. The first-order chi connectivity index (χ1) is 7.94. The normalized spacial score (nSPS) is 17.8. The monoisotopic (exact) mass is 249 g/mol. The van der Waals surface area contributed by atoms with Crippen LogP contribution in [0.5, 0.6) is 0 Å². The molecule has 0 aromatic heterocycles. The summed E-state index contributed by atoms with van der Waals surface area (Å²) >= 11 is 1.80. The zero-order valence-corrected chi connectivity index (χ0v) is 11.4. The van der Waals surface area contributed by atoms with E-state index >= 15 is 0 Å². The third-order valence-corrected chi connectivity index (χ3v) is 5.06. The summed E-state index contributed by atoms with van der Waals surface area (Å²) in [6, 6.07) is 8.21. The summed E-state index contributed by atoms with van der Waals surface area (Å²) in [4.78, 5) is 11.7. The molecule has 0 unspecified atom stereocenters. The van der Waals surface area contributed by atoms with Crippen LogP contribution in [0.4, 0.5) is 0 Å². The van der Waals surface area contributed by atoms with Crippen molar-refractivity contribution in [2.24, 2.45) is 5.73 Å². The summed E-state index contributed by atoms with van der Waals surface area (Å²) in [5, 5.41) is 0. The van der Waals surface area contributed by atoms with Crippen LogP contribution in [0.2, 0.25) is 0 Å². The van der Waals surface area contributed by atoms with Crippen molar-refractivity contribution in [3.8, 4) is 0 Å². The lowest BCUT2D eigenvalue weighted by molar-refractivity contribution is -0.120. The van der Waals surface area contributed by atoms with E-state index in [2.05, 4.69) is 32.2 Å². The minimum absolute atomic E-state index is 0.0155. The molecule has 2 rings (SSSR count). The summed E-state index contributed by atoms with van der Waals surface area (Å²) in [5.74, 6) is -0.179. The van der Waals surface area contributed by atoms with Gasteiger partial charge in [0.15, 0.2) is 0 Å². The van der Waals surface area contributed by atoms with Crippen molar-refractivity contribution in [2.45, 2.75) is 36.9 Å². The fourth-order valence-electron chi connectivity index (χ4n) is 2.31. The molecule has 1 aliphatic carbocycles. The second-order valence-electron chi connectivity index (χ2n) is 5.21. The lowest BCUT2D eigenvalue weighted by Gasteiger charge is -2.28. The Morgan fingerprint density at radius 2 is 1.94 bits per heavy atom. The first-order valence-electron chi connectivity index (χ1n) is 5.89. The first-order valence-corrected chi connectivity index (χ1v) is 7.11. The molecule has 92 valence electrons. The molecule has 2 N–H and O–H groups in total. The number of hydrogen-bond acceptors (Lipinski definition) is 2. The van der Waals surface area contributed by atoms with Crippen LogP contribution >= 0.6 is 11.8 Å². The van der Waals surface area contributed by atoms with Crippen LogP contribution in [0.3, 0.4) is 0 Å². The fraction of sp³-hybridized carbons (Fsp3) is 0.500. The Morgan fingerprint density at radius 3 is 2.41 bits per heavy atom. The summed E-state index contributed by atoms with van der Waals surface area (Å²) in [6.45, 7) is 4.38. The molecule has 17 heavy (non-hydrogen) atoms. The number of carbonyl (C=O) groups is 1. The molecule has 3 heteroatoms. The zero-order chi connectivity index (χ0) is 12.7. The predicted octanol–water partition coefficient (Wildman–Crippen LogP) is 2.80. The van der Waals surface area contributed by atoms with Gasteiger partial charge in [0, 0.05) is 4.75 Å². The Balaban J connectivity index is 2.53. The Hall–Kier alpha value is -0.960. The summed E-state index contributed by atoms with van der Waals surface area (Å²) in [5.41, 5.74) is 7.56. The maximum atomic E-state index is 11.7. The van der Waals surface area contributed by atoms with Gasteiger partial charge in [0.05, 0.1) is 5.41 Å². The average Bonchev–Trinajstić information content (AvgIpc) is 3.10. The van der Waals surface area contributed by atoms with E-state index in [1.165, 1.54) is 5.56 Å². The Morgan fingerprint density at radius 1 is 1.35 bits per heavy atom. The van der Waals surface area contributed by atoms with Gasteiger partial charge in [-0.1, -0.05) is 24.3 Å². The van der Waals surface area contributed by atoms with Crippen molar-refractivity contribution in [3.05, 3.63) is 35.4 Å². The molecule has 2 nitrogen and oxygen atoms in total. The van der Waals surface area contributed by atoms with E-state index in [9.17, 15) is 4.79 Å². The standard InChI is InChI=1S/C14H19NOS/c1-13(2,17-3)10-6-4-5-7-11(10)14(8-9-14)12(15)16/h4-7H,8-9H2,1-3H3,(H2,15,16). The van der Waals surface area contributed by atoms with Gasteiger partial charge in [-0.15, -0.1) is 0 Å². The van der Waals surface area contributed by atoms with E-state index in [0.717, 1.165) is 18.4 Å². The van der Waals surface area contributed by atoms with E-state index in [4.69, 9.17) is 5.73 Å². The molecule has 1 aromatic rings. The van der Waals surface area contributed by atoms with Crippen molar-refractivity contribution in [1.29, 1.82) is 0 Å². The van der Waals surface area contributed by atoms with Gasteiger partial charge in [0.1, 0.15) is 0 Å². The van der Waals surface area contributed by atoms with Crippen LogP contribution in [0.25, 0.3) is 0 Å². The fourth-order valence-corrected chi connectivity index (χ4v) is 2.71. The van der Waals surface area contributed by atoms with E-state index < -0.39 is 0 Å². The molecular weight excluding hydrogens is 230 g/mol. The van der Waals surface area contributed by atoms with Crippen LogP contribution in [0.1, 0.15) is 37.8 Å². The third-order valence-electron chi connectivity index (χ3n) is 3.82. The van der Waals surface area contributed by atoms with Gasteiger partial charge in [0.25, 0.3) is 0 Å². The van der Waals surface area contributed by atoms with Crippen LogP contribution in [0.15, 0.2) is 24.3 Å². The first kappa shape index (κ1) is 12.5. The SMILES string of the molecule is CSC(C)(C)c1ccccc1C1(C(N)=O)CC1. The van der Waals surface area contributed by atoms with Crippen molar-refractivity contribution >= 4 is 17.7 Å². The Kier molecular flexibility index (Phi) is 2.98. The highest BCUT2D eigenvalue weighted by Crippen LogP contribution is 2.52. The van der Waals surface area contributed by atoms with Gasteiger partial charge < -0.3 is 5.73 Å². The number of rotatable bonds is 4. The Labute approximate surface area is 107 Å². The molecule has 0 saturated heterocycles. The third kappa shape index (κ3) is 1.97. The van der Waals surface area contributed by atoms with Gasteiger partial charge in [-0.25, -0.2) is 0 Å². The van der Waals surface area contributed by atoms with Crippen LogP contribution in [-0.2, 0) is 15.0 Å². The van der Waals surface area contributed by atoms with Gasteiger partial charge in [-0.2, -0.15) is 11.8 Å².